The molecule has 4 heterocycles. The average molecular weight is 545 g/mol. The minimum Gasteiger partial charge on any atom is -0.465 e. The maximum atomic E-state index is 14.0. The van der Waals surface area contributed by atoms with Gasteiger partial charge in [0.15, 0.2) is 11.2 Å². The number of piperidine rings is 1. The molecule has 1 saturated heterocycles. The number of pyridine rings is 1. The molecular formula is C28H32N8O4. The van der Waals surface area contributed by atoms with Gasteiger partial charge in [-0.25, -0.2) is 4.79 Å². The van der Waals surface area contributed by atoms with E-state index in [1.165, 1.54) is 4.57 Å². The van der Waals surface area contributed by atoms with Gasteiger partial charge in [0.25, 0.3) is 5.56 Å². The van der Waals surface area contributed by atoms with Gasteiger partial charge in [0.1, 0.15) is 6.54 Å². The van der Waals surface area contributed by atoms with Crippen molar-refractivity contribution in [1.82, 2.24) is 23.7 Å². The van der Waals surface area contributed by atoms with Gasteiger partial charge in [-0.2, -0.15) is 4.98 Å². The first kappa shape index (κ1) is 27.0. The van der Waals surface area contributed by atoms with Crippen molar-refractivity contribution in [2.75, 3.05) is 30.3 Å². The summed E-state index contributed by atoms with van der Waals surface area (Å²) in [5, 5.41) is 0.773. The molecule has 208 valence electrons. The first-order valence-corrected chi connectivity index (χ1v) is 13.3. The highest BCUT2D eigenvalue weighted by molar-refractivity contribution is 5.90. The maximum Gasteiger partial charge on any atom is 0.333 e. The van der Waals surface area contributed by atoms with Crippen molar-refractivity contribution < 1.29 is 9.53 Å². The van der Waals surface area contributed by atoms with E-state index in [1.807, 2.05) is 17.0 Å². The Morgan fingerprint density at radius 1 is 1.15 bits per heavy atom. The van der Waals surface area contributed by atoms with Crippen molar-refractivity contribution >= 4 is 39.7 Å². The number of fused-ring (bicyclic) bond motifs is 2. The van der Waals surface area contributed by atoms with E-state index in [0.717, 1.165) is 22.8 Å². The summed E-state index contributed by atoms with van der Waals surface area (Å²) in [5.41, 5.74) is 13.1. The Labute approximate surface area is 230 Å². The maximum absolute atomic E-state index is 14.0. The second-order valence-corrected chi connectivity index (χ2v) is 9.73. The number of aromatic nitrogens is 5. The fourth-order valence-corrected chi connectivity index (χ4v) is 5.11. The highest BCUT2D eigenvalue weighted by atomic mass is 16.5. The van der Waals surface area contributed by atoms with E-state index in [-0.39, 0.29) is 36.9 Å². The summed E-state index contributed by atoms with van der Waals surface area (Å²) in [4.78, 5) is 51.7. The number of hydrogen-bond donors (Lipinski definition) is 2. The molecule has 0 aliphatic carbocycles. The number of nitrogens with zero attached hydrogens (tertiary/aromatic N) is 6. The van der Waals surface area contributed by atoms with Crippen molar-refractivity contribution in [3.63, 3.8) is 0 Å². The molecule has 1 fully saturated rings. The predicted octanol–water partition coefficient (Wildman–Crippen LogP) is 1.05. The quantitative estimate of drug-likeness (QED) is 0.197. The number of ether oxygens (including phenoxy) is 1. The smallest absolute Gasteiger partial charge is 0.333 e. The number of rotatable bonds is 7. The summed E-state index contributed by atoms with van der Waals surface area (Å²) in [6.07, 6.45) is 1.75. The van der Waals surface area contributed by atoms with Gasteiger partial charge >= 0.3 is 11.7 Å². The molecule has 4 aromatic rings. The van der Waals surface area contributed by atoms with Crippen LogP contribution in [0, 0.1) is 11.8 Å². The molecule has 0 radical (unpaired) electrons. The van der Waals surface area contributed by atoms with E-state index in [1.54, 1.807) is 36.6 Å². The molecule has 1 aromatic carbocycles. The fourth-order valence-electron chi connectivity index (χ4n) is 5.11. The van der Waals surface area contributed by atoms with Crippen molar-refractivity contribution in [2.24, 2.45) is 5.73 Å². The Balaban J connectivity index is 1.73. The van der Waals surface area contributed by atoms with Gasteiger partial charge in [0.05, 0.1) is 30.9 Å². The molecule has 1 atom stereocenters. The molecule has 1 aliphatic rings. The van der Waals surface area contributed by atoms with Crippen LogP contribution in [0.15, 0.2) is 39.9 Å². The van der Waals surface area contributed by atoms with Crippen LogP contribution >= 0.6 is 0 Å². The summed E-state index contributed by atoms with van der Waals surface area (Å²) in [5.74, 6) is 5.75. The van der Waals surface area contributed by atoms with Gasteiger partial charge in [0.2, 0.25) is 5.95 Å². The SMILES string of the molecule is CC#CCn1c(N2CCCC(N)C2)nc2c1c(=O)n(Cc1ccc3c(N)cccc3n1)c(=O)n2CC(=O)OCC. The molecule has 4 N–H and O–H groups in total. The largest absolute Gasteiger partial charge is 0.465 e. The first-order valence-electron chi connectivity index (χ1n) is 13.3. The molecular weight excluding hydrogens is 512 g/mol. The van der Waals surface area contributed by atoms with Gasteiger partial charge in [0, 0.05) is 30.2 Å². The first-order chi connectivity index (χ1) is 19.3. The lowest BCUT2D eigenvalue weighted by atomic mass is 10.1. The Bertz CT molecular complexity index is 1770. The summed E-state index contributed by atoms with van der Waals surface area (Å²) in [7, 11) is 0. The minimum absolute atomic E-state index is 0.0503. The van der Waals surface area contributed by atoms with Crippen LogP contribution < -0.4 is 27.6 Å². The zero-order valence-electron chi connectivity index (χ0n) is 22.6. The zero-order valence-corrected chi connectivity index (χ0v) is 22.6. The van der Waals surface area contributed by atoms with Gasteiger partial charge in [-0.05, 0) is 51.0 Å². The summed E-state index contributed by atoms with van der Waals surface area (Å²) >= 11 is 0. The molecule has 1 aliphatic heterocycles. The second kappa shape index (κ2) is 11.2. The molecule has 12 nitrogen and oxygen atoms in total. The number of nitrogens with two attached hydrogens (primary N) is 2. The van der Waals surface area contributed by atoms with E-state index in [0.29, 0.717) is 35.9 Å². The third kappa shape index (κ3) is 5.03. The normalized spacial score (nSPS) is 15.3. The average Bonchev–Trinajstić information content (AvgIpc) is 3.32. The molecule has 1 unspecified atom stereocenters. The molecule has 0 spiro atoms. The molecule has 0 saturated carbocycles. The number of imidazole rings is 1. The monoisotopic (exact) mass is 544 g/mol. The van der Waals surface area contributed by atoms with E-state index in [9.17, 15) is 14.4 Å². The van der Waals surface area contributed by atoms with E-state index in [2.05, 4.69) is 16.8 Å². The van der Waals surface area contributed by atoms with Crippen molar-refractivity contribution in [3.8, 4) is 11.8 Å². The van der Waals surface area contributed by atoms with Crippen molar-refractivity contribution in [1.29, 1.82) is 0 Å². The Kier molecular flexibility index (Phi) is 7.57. The lowest BCUT2D eigenvalue weighted by Crippen LogP contribution is -2.44. The Morgan fingerprint density at radius 3 is 2.73 bits per heavy atom. The highest BCUT2D eigenvalue weighted by Gasteiger charge is 2.27. The standard InChI is InChI=1S/C28H32N8O4/c1-3-5-14-34-24-25(32-27(34)33-13-7-8-18(29)15-33)35(17-23(37)40-4-2)28(39)36(26(24)38)16-19-11-12-20-21(30)9-6-10-22(20)31-19/h6,9-12,18H,4,7-8,13-17,29-30H2,1-2H3. The van der Waals surface area contributed by atoms with Crippen LogP contribution in [0.25, 0.3) is 22.1 Å². The lowest BCUT2D eigenvalue weighted by molar-refractivity contribution is -0.143. The number of esters is 1. The van der Waals surface area contributed by atoms with E-state index in [4.69, 9.17) is 21.2 Å². The summed E-state index contributed by atoms with van der Waals surface area (Å²) < 4.78 is 9.11. The third-order valence-electron chi connectivity index (χ3n) is 6.98. The topological polar surface area (TPSA) is 156 Å². The molecule has 3 aromatic heterocycles. The van der Waals surface area contributed by atoms with Gasteiger partial charge in [-0.1, -0.05) is 12.0 Å². The van der Waals surface area contributed by atoms with Crippen LogP contribution in [-0.2, 0) is 29.2 Å². The fraction of sp³-hybridized carbons (Fsp3) is 0.393. The summed E-state index contributed by atoms with van der Waals surface area (Å²) in [6, 6.07) is 8.88. The predicted molar refractivity (Wildman–Crippen MR) is 153 cm³/mol. The van der Waals surface area contributed by atoms with Crippen LogP contribution in [0.1, 0.15) is 32.4 Å². The van der Waals surface area contributed by atoms with Gasteiger partial charge in [-0.15, -0.1) is 5.92 Å². The third-order valence-corrected chi connectivity index (χ3v) is 6.98. The highest BCUT2D eigenvalue weighted by Crippen LogP contribution is 2.24. The Hall–Kier alpha value is -4.63. The van der Waals surface area contributed by atoms with Crippen molar-refractivity contribution in [2.45, 2.75) is 52.4 Å². The number of carbonyl (C=O) groups is 1. The van der Waals surface area contributed by atoms with Gasteiger partial charge < -0.3 is 21.1 Å². The van der Waals surface area contributed by atoms with Crippen LogP contribution in [0.4, 0.5) is 11.6 Å². The lowest BCUT2D eigenvalue weighted by Gasteiger charge is -2.31. The van der Waals surface area contributed by atoms with Crippen LogP contribution in [0.3, 0.4) is 0 Å². The number of hydrogen-bond acceptors (Lipinski definition) is 9. The molecule has 5 rings (SSSR count). The summed E-state index contributed by atoms with van der Waals surface area (Å²) in [6.45, 7) is 4.44. The molecule has 0 amide bonds. The molecule has 40 heavy (non-hydrogen) atoms. The van der Waals surface area contributed by atoms with Gasteiger partial charge in [-0.3, -0.25) is 28.3 Å². The van der Waals surface area contributed by atoms with Crippen molar-refractivity contribution in [3.05, 3.63) is 56.9 Å². The van der Waals surface area contributed by atoms with Crippen LogP contribution in [-0.4, -0.2) is 55.4 Å². The molecule has 12 heteroatoms. The molecule has 0 bridgehead atoms. The van der Waals surface area contributed by atoms with Crippen LogP contribution in [0.2, 0.25) is 0 Å². The Morgan fingerprint density at radius 2 is 1.98 bits per heavy atom. The van der Waals surface area contributed by atoms with E-state index >= 15 is 0 Å². The number of anilines is 2. The van der Waals surface area contributed by atoms with Crippen LogP contribution in [0.5, 0.6) is 0 Å². The second-order valence-electron chi connectivity index (χ2n) is 9.73. The zero-order chi connectivity index (χ0) is 28.4. The number of nitrogen functional groups attached to an aromatic ring is 1. The number of benzene rings is 1. The number of carbonyl (C=O) groups excluding carboxylic acids is 1. The van der Waals surface area contributed by atoms with E-state index < -0.39 is 23.8 Å². The minimum atomic E-state index is -0.687.